The Morgan fingerprint density at radius 2 is 1.74 bits per heavy atom. The molecule has 0 aliphatic rings. The van der Waals surface area contributed by atoms with Crippen LogP contribution in [0.3, 0.4) is 0 Å². The third-order valence-corrected chi connectivity index (χ3v) is 3.73. The zero-order chi connectivity index (χ0) is 14.0. The molecule has 0 aliphatic heterocycles. The number of aryl methyl sites for hydroxylation is 2. The Morgan fingerprint density at radius 3 is 2.26 bits per heavy atom. The normalized spacial score (nSPS) is 12.3. The number of ether oxygens (including phenoxy) is 1. The number of benzene rings is 2. The summed E-state index contributed by atoms with van der Waals surface area (Å²) in [5.74, 6) is -0.161. The number of methoxy groups -OCH3 is 1. The molecule has 0 N–H and O–H groups in total. The summed E-state index contributed by atoms with van der Waals surface area (Å²) in [6, 6.07) is 10.9. The maximum absolute atomic E-state index is 13.7. The van der Waals surface area contributed by atoms with E-state index in [4.69, 9.17) is 16.3 Å². The highest BCUT2D eigenvalue weighted by atomic mass is 35.5. The Kier molecular flexibility index (Phi) is 4.11. The van der Waals surface area contributed by atoms with Crippen LogP contribution in [-0.4, -0.2) is 7.11 Å². The van der Waals surface area contributed by atoms with Gasteiger partial charge >= 0.3 is 0 Å². The summed E-state index contributed by atoms with van der Waals surface area (Å²) in [5, 5.41) is -0.360. The summed E-state index contributed by atoms with van der Waals surface area (Å²) in [5.41, 5.74) is 3.98. The van der Waals surface area contributed by atoms with Crippen LogP contribution in [-0.2, 0) is 0 Å². The van der Waals surface area contributed by atoms with Gasteiger partial charge < -0.3 is 4.74 Å². The van der Waals surface area contributed by atoms with Gasteiger partial charge in [-0.15, -0.1) is 11.6 Å². The van der Waals surface area contributed by atoms with Crippen molar-refractivity contribution in [2.24, 2.45) is 0 Å². The molecule has 0 saturated heterocycles. The number of halogens is 2. The fraction of sp³-hybridized carbons (Fsp3) is 0.250. The monoisotopic (exact) mass is 278 g/mol. The van der Waals surface area contributed by atoms with E-state index < -0.39 is 5.82 Å². The van der Waals surface area contributed by atoms with Gasteiger partial charge in [0.15, 0.2) is 11.6 Å². The van der Waals surface area contributed by atoms with Crippen molar-refractivity contribution in [2.75, 3.05) is 7.11 Å². The van der Waals surface area contributed by atoms with E-state index >= 15 is 0 Å². The van der Waals surface area contributed by atoms with Crippen LogP contribution in [0.4, 0.5) is 4.39 Å². The minimum Gasteiger partial charge on any atom is -0.494 e. The molecule has 3 heteroatoms. The molecule has 0 bridgehead atoms. The lowest BCUT2D eigenvalue weighted by molar-refractivity contribution is 0.386. The molecule has 1 nitrogen and oxygen atoms in total. The Morgan fingerprint density at radius 1 is 1.11 bits per heavy atom. The lowest BCUT2D eigenvalue weighted by Gasteiger charge is -2.16. The predicted octanol–water partition coefficient (Wildman–Crippen LogP) is 4.78. The highest BCUT2D eigenvalue weighted by Gasteiger charge is 2.17. The van der Waals surface area contributed by atoms with Gasteiger partial charge in [-0.3, -0.25) is 0 Å². The molecule has 2 aromatic rings. The molecule has 1 atom stereocenters. The van der Waals surface area contributed by atoms with Crippen LogP contribution >= 0.6 is 11.6 Å². The third-order valence-electron chi connectivity index (χ3n) is 3.26. The van der Waals surface area contributed by atoms with Crippen LogP contribution in [0.2, 0.25) is 0 Å². The van der Waals surface area contributed by atoms with E-state index in [1.54, 1.807) is 12.1 Å². The fourth-order valence-corrected chi connectivity index (χ4v) is 2.71. The SMILES string of the molecule is COc1ccc(C(Cl)c2c(C)cccc2C)cc1F. The summed E-state index contributed by atoms with van der Waals surface area (Å²) < 4.78 is 18.7. The van der Waals surface area contributed by atoms with E-state index in [9.17, 15) is 4.39 Å². The highest BCUT2D eigenvalue weighted by Crippen LogP contribution is 2.34. The van der Waals surface area contributed by atoms with E-state index in [1.165, 1.54) is 13.2 Å². The molecular formula is C16H16ClFO. The van der Waals surface area contributed by atoms with Gasteiger partial charge in [-0.1, -0.05) is 24.3 Å². The van der Waals surface area contributed by atoms with Crippen molar-refractivity contribution < 1.29 is 9.13 Å². The van der Waals surface area contributed by atoms with Gasteiger partial charge in [0.2, 0.25) is 0 Å². The molecule has 0 spiro atoms. The summed E-state index contributed by atoms with van der Waals surface area (Å²) >= 11 is 6.50. The van der Waals surface area contributed by atoms with Crippen molar-refractivity contribution in [1.82, 2.24) is 0 Å². The van der Waals surface area contributed by atoms with Crippen molar-refractivity contribution >= 4 is 11.6 Å². The third kappa shape index (κ3) is 2.74. The Labute approximate surface area is 118 Å². The molecule has 0 aliphatic carbocycles. The first-order valence-corrected chi connectivity index (χ1v) is 6.52. The molecule has 19 heavy (non-hydrogen) atoms. The van der Waals surface area contributed by atoms with E-state index in [0.29, 0.717) is 0 Å². The minimum absolute atomic E-state index is 0.231. The minimum atomic E-state index is -0.392. The van der Waals surface area contributed by atoms with Gasteiger partial charge in [0.25, 0.3) is 0 Å². The van der Waals surface area contributed by atoms with E-state index in [0.717, 1.165) is 22.3 Å². The first kappa shape index (κ1) is 13.9. The first-order chi connectivity index (χ1) is 9.04. The maximum atomic E-state index is 13.7. The average Bonchev–Trinajstić information content (AvgIpc) is 2.38. The molecule has 0 heterocycles. The number of hydrogen-bond donors (Lipinski definition) is 0. The van der Waals surface area contributed by atoms with Gasteiger partial charge in [-0.2, -0.15) is 0 Å². The average molecular weight is 279 g/mol. The Bertz CT molecular complexity index is 575. The molecule has 0 radical (unpaired) electrons. The molecule has 0 amide bonds. The van der Waals surface area contributed by atoms with E-state index in [2.05, 4.69) is 0 Å². The lowest BCUT2D eigenvalue weighted by atomic mass is 9.95. The van der Waals surface area contributed by atoms with Crippen molar-refractivity contribution in [3.63, 3.8) is 0 Å². The zero-order valence-electron chi connectivity index (χ0n) is 11.2. The second-order valence-electron chi connectivity index (χ2n) is 4.56. The zero-order valence-corrected chi connectivity index (χ0v) is 12.0. The smallest absolute Gasteiger partial charge is 0.165 e. The number of rotatable bonds is 3. The topological polar surface area (TPSA) is 9.23 Å². The Hall–Kier alpha value is -1.54. The van der Waals surface area contributed by atoms with Crippen molar-refractivity contribution in [3.05, 3.63) is 64.5 Å². The second-order valence-corrected chi connectivity index (χ2v) is 5.00. The highest BCUT2D eigenvalue weighted by molar-refractivity contribution is 6.22. The number of hydrogen-bond acceptors (Lipinski definition) is 1. The second kappa shape index (κ2) is 5.62. The van der Waals surface area contributed by atoms with Crippen LogP contribution in [0.1, 0.15) is 27.6 Å². The van der Waals surface area contributed by atoms with E-state index in [-0.39, 0.29) is 11.1 Å². The van der Waals surface area contributed by atoms with Gasteiger partial charge in [0.1, 0.15) is 0 Å². The first-order valence-electron chi connectivity index (χ1n) is 6.08. The van der Waals surface area contributed by atoms with Crippen molar-refractivity contribution in [3.8, 4) is 5.75 Å². The molecule has 0 saturated carbocycles. The van der Waals surface area contributed by atoms with Gasteiger partial charge in [0.05, 0.1) is 12.5 Å². The quantitative estimate of drug-likeness (QED) is 0.734. The maximum Gasteiger partial charge on any atom is 0.165 e. The van der Waals surface area contributed by atoms with Crippen molar-refractivity contribution in [1.29, 1.82) is 0 Å². The van der Waals surface area contributed by atoms with Gasteiger partial charge in [-0.05, 0) is 48.2 Å². The molecule has 1 unspecified atom stereocenters. The van der Waals surface area contributed by atoms with Crippen LogP contribution in [0.5, 0.6) is 5.75 Å². The molecule has 2 rings (SSSR count). The molecule has 100 valence electrons. The fourth-order valence-electron chi connectivity index (χ4n) is 2.23. The Balaban J connectivity index is 2.44. The summed E-state index contributed by atoms with van der Waals surface area (Å²) in [4.78, 5) is 0. The molecule has 2 aromatic carbocycles. The van der Waals surface area contributed by atoms with Crippen molar-refractivity contribution in [2.45, 2.75) is 19.2 Å². The summed E-state index contributed by atoms with van der Waals surface area (Å²) in [7, 11) is 1.45. The standard InChI is InChI=1S/C16H16ClFO/c1-10-5-4-6-11(2)15(10)16(17)12-7-8-14(19-3)13(18)9-12/h4-9,16H,1-3H3. The van der Waals surface area contributed by atoms with E-state index in [1.807, 2.05) is 32.0 Å². The van der Waals surface area contributed by atoms with Crippen LogP contribution in [0.15, 0.2) is 36.4 Å². The molecule has 0 aromatic heterocycles. The summed E-state index contributed by atoms with van der Waals surface area (Å²) in [6.45, 7) is 4.02. The summed E-state index contributed by atoms with van der Waals surface area (Å²) in [6.07, 6.45) is 0. The van der Waals surface area contributed by atoms with Crippen LogP contribution in [0.25, 0.3) is 0 Å². The molecular weight excluding hydrogens is 263 g/mol. The number of alkyl halides is 1. The van der Waals surface area contributed by atoms with Crippen LogP contribution in [0, 0.1) is 19.7 Å². The van der Waals surface area contributed by atoms with Gasteiger partial charge in [0, 0.05) is 0 Å². The van der Waals surface area contributed by atoms with Crippen LogP contribution < -0.4 is 4.74 Å². The lowest BCUT2D eigenvalue weighted by Crippen LogP contribution is -2.00. The predicted molar refractivity (Wildman–Crippen MR) is 76.6 cm³/mol. The molecule has 0 fully saturated rings. The largest absolute Gasteiger partial charge is 0.494 e. The van der Waals surface area contributed by atoms with Gasteiger partial charge in [-0.25, -0.2) is 4.39 Å².